The lowest BCUT2D eigenvalue weighted by atomic mass is 9.97. The van der Waals surface area contributed by atoms with Crippen molar-refractivity contribution in [3.05, 3.63) is 58.1 Å². The van der Waals surface area contributed by atoms with E-state index < -0.39 is 5.97 Å². The summed E-state index contributed by atoms with van der Waals surface area (Å²) in [6.07, 6.45) is 2.57. The Bertz CT molecular complexity index is 905. The number of carbonyl (C=O) groups is 1. The van der Waals surface area contributed by atoms with Crippen molar-refractivity contribution in [3.8, 4) is 0 Å². The van der Waals surface area contributed by atoms with Crippen molar-refractivity contribution in [2.24, 2.45) is 0 Å². The fraction of sp³-hybridized carbons (Fsp3) is 0.316. The highest BCUT2D eigenvalue weighted by atomic mass is 79.9. The molecule has 0 saturated heterocycles. The molecule has 0 bridgehead atoms. The van der Waals surface area contributed by atoms with Gasteiger partial charge >= 0.3 is 5.97 Å². The van der Waals surface area contributed by atoms with Gasteiger partial charge in [0.15, 0.2) is 4.73 Å². The SMILES string of the molecule is CCCc1ccc(Cn2c(Br)nnc2CCC(=O)O)c2ccccc12. The van der Waals surface area contributed by atoms with Gasteiger partial charge in [-0.3, -0.25) is 4.79 Å². The Morgan fingerprint density at radius 3 is 2.44 bits per heavy atom. The van der Waals surface area contributed by atoms with Gasteiger partial charge in [-0.1, -0.05) is 49.7 Å². The summed E-state index contributed by atoms with van der Waals surface area (Å²) in [5, 5.41) is 19.6. The predicted molar refractivity (Wildman–Crippen MR) is 101 cm³/mol. The molecule has 0 aliphatic carbocycles. The number of hydrogen-bond acceptors (Lipinski definition) is 3. The van der Waals surface area contributed by atoms with Gasteiger partial charge in [0.2, 0.25) is 0 Å². The first-order chi connectivity index (χ1) is 12.1. The summed E-state index contributed by atoms with van der Waals surface area (Å²) in [5.41, 5.74) is 2.53. The van der Waals surface area contributed by atoms with Crippen LogP contribution in [0.15, 0.2) is 41.1 Å². The number of rotatable bonds is 7. The van der Waals surface area contributed by atoms with E-state index in [2.05, 4.69) is 63.4 Å². The highest BCUT2D eigenvalue weighted by molar-refractivity contribution is 9.10. The van der Waals surface area contributed by atoms with Crippen molar-refractivity contribution in [1.29, 1.82) is 0 Å². The maximum Gasteiger partial charge on any atom is 0.303 e. The summed E-state index contributed by atoms with van der Waals surface area (Å²) < 4.78 is 2.55. The van der Waals surface area contributed by atoms with Crippen LogP contribution < -0.4 is 0 Å². The second kappa shape index (κ2) is 7.78. The largest absolute Gasteiger partial charge is 0.481 e. The molecule has 1 aromatic heterocycles. The third-order valence-electron chi connectivity index (χ3n) is 4.30. The van der Waals surface area contributed by atoms with Crippen molar-refractivity contribution in [2.75, 3.05) is 0 Å². The van der Waals surface area contributed by atoms with Gasteiger partial charge in [0.25, 0.3) is 0 Å². The number of carboxylic acid groups (broad SMARTS) is 1. The molecule has 0 saturated carbocycles. The van der Waals surface area contributed by atoms with Gasteiger partial charge in [-0.25, -0.2) is 0 Å². The fourth-order valence-electron chi connectivity index (χ4n) is 3.09. The van der Waals surface area contributed by atoms with Gasteiger partial charge < -0.3 is 9.67 Å². The molecule has 1 N–H and O–H groups in total. The summed E-state index contributed by atoms with van der Waals surface area (Å²) in [7, 11) is 0. The molecule has 3 aromatic rings. The van der Waals surface area contributed by atoms with Crippen LogP contribution in [-0.2, 0) is 24.2 Å². The zero-order valence-corrected chi connectivity index (χ0v) is 15.7. The van der Waals surface area contributed by atoms with E-state index in [1.165, 1.54) is 21.9 Å². The molecular weight excluding hydrogens is 382 g/mol. The van der Waals surface area contributed by atoms with Crippen molar-refractivity contribution in [1.82, 2.24) is 14.8 Å². The molecule has 5 nitrogen and oxygen atoms in total. The molecule has 0 radical (unpaired) electrons. The Balaban J connectivity index is 1.98. The summed E-state index contributed by atoms with van der Waals surface area (Å²) >= 11 is 3.43. The molecule has 6 heteroatoms. The van der Waals surface area contributed by atoms with Gasteiger partial charge in [0, 0.05) is 6.42 Å². The average molecular weight is 402 g/mol. The number of aryl methyl sites for hydroxylation is 2. The van der Waals surface area contributed by atoms with Crippen LogP contribution in [0.3, 0.4) is 0 Å². The van der Waals surface area contributed by atoms with Crippen molar-refractivity contribution >= 4 is 32.7 Å². The van der Waals surface area contributed by atoms with Gasteiger partial charge in [-0.05, 0) is 44.3 Å². The number of halogens is 1. The molecule has 0 spiro atoms. The zero-order chi connectivity index (χ0) is 17.8. The van der Waals surface area contributed by atoms with E-state index in [0.717, 1.165) is 12.8 Å². The van der Waals surface area contributed by atoms with Gasteiger partial charge in [0.05, 0.1) is 13.0 Å². The Morgan fingerprint density at radius 1 is 1.08 bits per heavy atom. The molecule has 1 heterocycles. The molecule has 0 unspecified atom stereocenters. The van der Waals surface area contributed by atoms with Crippen LogP contribution in [0.25, 0.3) is 10.8 Å². The molecule has 130 valence electrons. The number of aliphatic carboxylic acids is 1. The fourth-order valence-corrected chi connectivity index (χ4v) is 3.50. The smallest absolute Gasteiger partial charge is 0.303 e. The maximum absolute atomic E-state index is 10.9. The van der Waals surface area contributed by atoms with Gasteiger partial charge in [-0.15, -0.1) is 10.2 Å². The molecule has 25 heavy (non-hydrogen) atoms. The van der Waals surface area contributed by atoms with E-state index in [1.807, 2.05) is 10.6 Å². The minimum Gasteiger partial charge on any atom is -0.481 e. The lowest BCUT2D eigenvalue weighted by Crippen LogP contribution is -2.08. The molecule has 2 aromatic carbocycles. The third-order valence-corrected chi connectivity index (χ3v) is 4.88. The van der Waals surface area contributed by atoms with Crippen LogP contribution in [-0.4, -0.2) is 25.8 Å². The van der Waals surface area contributed by atoms with Crippen LogP contribution in [0, 0.1) is 0 Å². The number of carboxylic acids is 1. The first-order valence-electron chi connectivity index (χ1n) is 8.39. The Morgan fingerprint density at radius 2 is 1.76 bits per heavy atom. The second-order valence-corrected chi connectivity index (χ2v) is 6.75. The number of benzene rings is 2. The van der Waals surface area contributed by atoms with E-state index in [-0.39, 0.29) is 6.42 Å². The van der Waals surface area contributed by atoms with E-state index >= 15 is 0 Å². The van der Waals surface area contributed by atoms with Crippen LogP contribution in [0.1, 0.15) is 36.7 Å². The third kappa shape index (κ3) is 3.90. The highest BCUT2D eigenvalue weighted by Gasteiger charge is 2.14. The lowest BCUT2D eigenvalue weighted by molar-refractivity contribution is -0.137. The van der Waals surface area contributed by atoms with Gasteiger partial charge in [0.1, 0.15) is 5.82 Å². The molecule has 0 aliphatic rings. The van der Waals surface area contributed by atoms with Crippen LogP contribution in [0.4, 0.5) is 0 Å². The number of aromatic nitrogens is 3. The minimum atomic E-state index is -0.833. The number of nitrogens with zero attached hydrogens (tertiary/aromatic N) is 3. The van der Waals surface area contributed by atoms with E-state index in [0.29, 0.717) is 23.5 Å². The van der Waals surface area contributed by atoms with Crippen molar-refractivity contribution in [3.63, 3.8) is 0 Å². The summed E-state index contributed by atoms with van der Waals surface area (Å²) in [6.45, 7) is 2.79. The Labute approximate surface area is 154 Å². The Kier molecular flexibility index (Phi) is 5.48. The first-order valence-corrected chi connectivity index (χ1v) is 9.18. The minimum absolute atomic E-state index is 0.0430. The van der Waals surface area contributed by atoms with Crippen molar-refractivity contribution < 1.29 is 9.90 Å². The molecular formula is C19H20BrN3O2. The number of fused-ring (bicyclic) bond motifs is 1. The zero-order valence-electron chi connectivity index (χ0n) is 14.1. The summed E-state index contributed by atoms with van der Waals surface area (Å²) in [5.74, 6) is -0.156. The maximum atomic E-state index is 10.9. The molecule has 0 atom stereocenters. The van der Waals surface area contributed by atoms with Crippen molar-refractivity contribution in [2.45, 2.75) is 39.2 Å². The summed E-state index contributed by atoms with van der Waals surface area (Å²) in [4.78, 5) is 10.9. The standard InChI is InChI=1S/C19H20BrN3O2/c1-2-5-13-8-9-14(16-7-4-3-6-15(13)16)12-23-17(10-11-18(24)25)21-22-19(23)20/h3-4,6-9H,2,5,10-12H2,1H3,(H,24,25). The monoisotopic (exact) mass is 401 g/mol. The van der Waals surface area contributed by atoms with Gasteiger partial charge in [-0.2, -0.15) is 0 Å². The van der Waals surface area contributed by atoms with Crippen LogP contribution in [0.2, 0.25) is 0 Å². The van der Waals surface area contributed by atoms with Crippen LogP contribution >= 0.6 is 15.9 Å². The van der Waals surface area contributed by atoms with E-state index in [9.17, 15) is 4.79 Å². The topological polar surface area (TPSA) is 68.0 Å². The molecule has 3 rings (SSSR count). The Hall–Kier alpha value is -2.21. The molecule has 0 fully saturated rings. The molecule has 0 aliphatic heterocycles. The quantitative estimate of drug-likeness (QED) is 0.643. The lowest BCUT2D eigenvalue weighted by Gasteiger charge is -2.13. The van der Waals surface area contributed by atoms with E-state index in [1.54, 1.807) is 0 Å². The first kappa shape index (κ1) is 17.6. The number of hydrogen-bond donors (Lipinski definition) is 1. The average Bonchev–Trinajstić information content (AvgIpc) is 2.95. The second-order valence-electron chi connectivity index (χ2n) is 6.04. The molecule has 0 amide bonds. The predicted octanol–water partition coefficient (Wildman–Crippen LogP) is 4.21. The highest BCUT2D eigenvalue weighted by Crippen LogP contribution is 2.26. The van der Waals surface area contributed by atoms with E-state index in [4.69, 9.17) is 5.11 Å². The summed E-state index contributed by atoms with van der Waals surface area (Å²) in [6, 6.07) is 12.8. The van der Waals surface area contributed by atoms with Crippen LogP contribution in [0.5, 0.6) is 0 Å². The normalized spacial score (nSPS) is 11.1.